The molecule has 1 aliphatic heterocycles. The van der Waals surface area contributed by atoms with Gasteiger partial charge >= 0.3 is 0 Å². The Morgan fingerprint density at radius 2 is 2.06 bits per heavy atom. The molecule has 3 rings (SSSR count). The lowest BCUT2D eigenvalue weighted by Gasteiger charge is -2.18. The van der Waals surface area contributed by atoms with Crippen LogP contribution >= 0.6 is 0 Å². The molecule has 2 heterocycles. The molecule has 0 spiro atoms. The molecule has 1 aliphatic rings. The van der Waals surface area contributed by atoms with E-state index in [1.54, 1.807) is 18.3 Å². The van der Waals surface area contributed by atoms with Gasteiger partial charge in [-0.25, -0.2) is 4.98 Å². The number of benzene rings is 1. The third-order valence-corrected chi connectivity index (χ3v) is 2.97. The van der Waals surface area contributed by atoms with Crippen molar-refractivity contribution >= 4 is 17.2 Å². The highest BCUT2D eigenvalue weighted by Gasteiger charge is 2.24. The topological polar surface area (TPSA) is 19.4 Å². The van der Waals surface area contributed by atoms with Crippen molar-refractivity contribution in [3.8, 4) is 0 Å². The fourth-order valence-corrected chi connectivity index (χ4v) is 2.10. The molecule has 0 aliphatic carbocycles. The Morgan fingerprint density at radius 3 is 2.82 bits per heavy atom. The Hall–Kier alpha value is -2.03. The second kappa shape index (κ2) is 3.77. The van der Waals surface area contributed by atoms with E-state index in [4.69, 9.17) is 4.11 Å². The van der Waals surface area contributed by atoms with Crippen molar-refractivity contribution in [1.29, 1.82) is 0 Å². The number of rotatable bonds is 1. The molecule has 17 heavy (non-hydrogen) atoms. The fourth-order valence-electron chi connectivity index (χ4n) is 2.10. The highest BCUT2D eigenvalue weighted by molar-refractivity contribution is 5.78. The van der Waals surface area contributed by atoms with Gasteiger partial charge in [0.15, 0.2) is 5.82 Å². The first-order valence-corrected chi connectivity index (χ1v) is 5.51. The first-order chi connectivity index (χ1) is 9.47. The molecule has 0 bridgehead atoms. The van der Waals surface area contributed by atoms with Crippen molar-refractivity contribution in [3.63, 3.8) is 0 Å². The maximum Gasteiger partial charge on any atom is 0.158 e. The average molecular weight is 228 g/mol. The maximum absolute atomic E-state index is 7.40. The molecule has 1 aromatic carbocycles. The Morgan fingerprint density at radius 1 is 1.24 bits per heavy atom. The van der Waals surface area contributed by atoms with Gasteiger partial charge in [-0.15, -0.1) is 0 Å². The summed E-state index contributed by atoms with van der Waals surface area (Å²) in [5, 5.41) is 0. The minimum Gasteiger partial charge on any atom is -0.354 e. The minimum atomic E-state index is -2.06. The Labute approximate surface area is 106 Å². The number of hydrogen-bond acceptors (Lipinski definition) is 3. The average Bonchev–Trinajstić information content (AvgIpc) is 2.76. The van der Waals surface area contributed by atoms with Crippen LogP contribution in [0.25, 0.3) is 0 Å². The van der Waals surface area contributed by atoms with Crippen LogP contribution < -0.4 is 9.80 Å². The lowest BCUT2D eigenvalue weighted by atomic mass is 10.2. The van der Waals surface area contributed by atoms with Gasteiger partial charge in [-0.05, 0) is 31.1 Å². The molecule has 0 unspecified atom stereocenters. The fraction of sp³-hybridized carbons (Fsp3) is 0.214. The molecule has 0 saturated carbocycles. The van der Waals surface area contributed by atoms with Gasteiger partial charge in [-0.1, -0.05) is 17.7 Å². The lowest BCUT2D eigenvalue weighted by molar-refractivity contribution is 0.944. The van der Waals surface area contributed by atoms with Gasteiger partial charge in [0, 0.05) is 23.0 Å². The van der Waals surface area contributed by atoms with Crippen LogP contribution in [0.3, 0.4) is 0 Å². The minimum absolute atomic E-state index is 0.357. The van der Waals surface area contributed by atoms with E-state index in [1.165, 1.54) is 0 Å². The zero-order valence-corrected chi connectivity index (χ0v) is 9.59. The van der Waals surface area contributed by atoms with E-state index in [-0.39, 0.29) is 0 Å². The number of aryl methyl sites for hydroxylation is 1. The van der Waals surface area contributed by atoms with E-state index >= 15 is 0 Å². The van der Waals surface area contributed by atoms with Crippen LogP contribution in [-0.4, -0.2) is 18.7 Å². The van der Waals surface area contributed by atoms with E-state index in [1.807, 2.05) is 31.3 Å². The molecule has 3 heteroatoms. The first kappa shape index (κ1) is 7.33. The summed E-state index contributed by atoms with van der Waals surface area (Å²) in [5.41, 5.74) is 2.38. The lowest BCUT2D eigenvalue weighted by Crippen LogP contribution is -2.24. The van der Waals surface area contributed by atoms with E-state index in [0.717, 1.165) is 17.2 Å². The highest BCUT2D eigenvalue weighted by Crippen LogP contribution is 2.37. The van der Waals surface area contributed by atoms with Crippen molar-refractivity contribution in [1.82, 2.24) is 4.98 Å². The van der Waals surface area contributed by atoms with E-state index < -0.39 is 6.85 Å². The normalized spacial score (nSPS) is 17.4. The third-order valence-electron chi connectivity index (χ3n) is 2.97. The summed E-state index contributed by atoms with van der Waals surface area (Å²) in [6.45, 7) is -1.35. The quantitative estimate of drug-likeness (QED) is 0.748. The molecule has 86 valence electrons. The molecule has 0 radical (unpaired) electrons. The van der Waals surface area contributed by atoms with Crippen LogP contribution in [0, 0.1) is 6.85 Å². The molecule has 2 aromatic rings. The van der Waals surface area contributed by atoms with Crippen molar-refractivity contribution in [2.75, 3.05) is 23.5 Å². The summed E-state index contributed by atoms with van der Waals surface area (Å²) in [7, 11) is 2.01. The monoisotopic (exact) mass is 228 g/mol. The number of pyridine rings is 1. The van der Waals surface area contributed by atoms with Crippen LogP contribution in [-0.2, 0) is 0 Å². The summed E-state index contributed by atoms with van der Waals surface area (Å²) in [5.74, 6) is 0.900. The number of anilines is 3. The standard InChI is InChI=1S/C14H15N3/c1-11-5-7-12(8-6-11)17-10-16(2)13-4-3-9-15-14(13)17/h3-9H,10H2,1-2H3/i1D3. The summed E-state index contributed by atoms with van der Waals surface area (Å²) in [6, 6.07) is 10.9. The van der Waals surface area contributed by atoms with Crippen LogP contribution in [0.15, 0.2) is 42.6 Å². The Kier molecular flexibility index (Phi) is 1.62. The second-order valence-electron chi connectivity index (χ2n) is 4.16. The predicted molar refractivity (Wildman–Crippen MR) is 70.8 cm³/mol. The molecular weight excluding hydrogens is 210 g/mol. The molecular formula is C14H15N3. The largest absolute Gasteiger partial charge is 0.354 e. The van der Waals surface area contributed by atoms with Crippen molar-refractivity contribution < 1.29 is 4.11 Å². The number of nitrogens with zero attached hydrogens (tertiary/aromatic N) is 3. The zero-order chi connectivity index (χ0) is 14.3. The van der Waals surface area contributed by atoms with E-state index in [2.05, 4.69) is 14.8 Å². The van der Waals surface area contributed by atoms with Gasteiger partial charge < -0.3 is 9.80 Å². The van der Waals surface area contributed by atoms with E-state index in [9.17, 15) is 0 Å². The number of fused-ring (bicyclic) bond motifs is 1. The van der Waals surface area contributed by atoms with Crippen LogP contribution in [0.2, 0.25) is 0 Å². The van der Waals surface area contributed by atoms with Gasteiger partial charge in [0.25, 0.3) is 0 Å². The van der Waals surface area contributed by atoms with E-state index in [0.29, 0.717) is 12.2 Å². The van der Waals surface area contributed by atoms with Gasteiger partial charge in [0.1, 0.15) is 0 Å². The molecule has 0 saturated heterocycles. The van der Waals surface area contributed by atoms with Crippen molar-refractivity contribution in [2.24, 2.45) is 0 Å². The first-order valence-electron chi connectivity index (χ1n) is 7.01. The predicted octanol–water partition coefficient (Wildman–Crippen LogP) is 2.94. The van der Waals surface area contributed by atoms with Crippen LogP contribution in [0.1, 0.15) is 9.68 Å². The van der Waals surface area contributed by atoms with Gasteiger partial charge in [-0.3, -0.25) is 0 Å². The summed E-state index contributed by atoms with van der Waals surface area (Å²) >= 11 is 0. The third kappa shape index (κ3) is 1.64. The molecule has 0 amide bonds. The van der Waals surface area contributed by atoms with Gasteiger partial charge in [0.2, 0.25) is 0 Å². The second-order valence-corrected chi connectivity index (χ2v) is 4.16. The zero-order valence-electron chi connectivity index (χ0n) is 12.6. The highest BCUT2D eigenvalue weighted by atomic mass is 15.4. The van der Waals surface area contributed by atoms with Gasteiger partial charge in [0.05, 0.1) is 12.4 Å². The van der Waals surface area contributed by atoms with Crippen molar-refractivity contribution in [2.45, 2.75) is 6.85 Å². The van der Waals surface area contributed by atoms with Gasteiger partial charge in [-0.2, -0.15) is 0 Å². The SMILES string of the molecule is [2H]C([2H])([2H])c1ccc(N2CN(C)c3cccnc32)cc1. The molecule has 0 N–H and O–H groups in total. The maximum atomic E-state index is 7.40. The summed E-state index contributed by atoms with van der Waals surface area (Å²) in [6.07, 6.45) is 1.77. The van der Waals surface area contributed by atoms with Crippen LogP contribution in [0.4, 0.5) is 17.2 Å². The van der Waals surface area contributed by atoms with Crippen molar-refractivity contribution in [3.05, 3.63) is 48.2 Å². The summed E-state index contributed by atoms with van der Waals surface area (Å²) in [4.78, 5) is 8.59. The Balaban J connectivity index is 1.95. The number of aromatic nitrogens is 1. The number of hydrogen-bond donors (Lipinski definition) is 0. The molecule has 0 atom stereocenters. The summed E-state index contributed by atoms with van der Waals surface area (Å²) < 4.78 is 22.2. The Bertz CT molecular complexity index is 622. The van der Waals surface area contributed by atoms with Crippen LogP contribution in [0.5, 0.6) is 0 Å². The molecule has 3 nitrogen and oxygen atoms in total. The molecule has 0 fully saturated rings. The molecule has 1 aromatic heterocycles. The smallest absolute Gasteiger partial charge is 0.158 e.